The number of thiocarbonyl (C=S) groups is 1. The quantitative estimate of drug-likeness (QED) is 0.592. The molecule has 0 fully saturated rings. The Morgan fingerprint density at radius 1 is 1.19 bits per heavy atom. The van der Waals surface area contributed by atoms with Crippen LogP contribution in [-0.2, 0) is 0 Å². The summed E-state index contributed by atoms with van der Waals surface area (Å²) in [5.41, 5.74) is 1.77. The Kier molecular flexibility index (Phi) is 7.59. The van der Waals surface area contributed by atoms with Gasteiger partial charge >= 0.3 is 0 Å². The molecular weight excluding hydrogens is 346 g/mol. The van der Waals surface area contributed by atoms with Gasteiger partial charge in [-0.15, -0.1) is 0 Å². The Morgan fingerprint density at radius 3 is 2.58 bits per heavy atom. The third-order valence-corrected chi connectivity index (χ3v) is 3.84. The molecule has 0 bridgehead atoms. The van der Waals surface area contributed by atoms with Crippen LogP contribution in [0.5, 0.6) is 5.75 Å². The second-order valence-electron chi connectivity index (χ2n) is 6.09. The summed E-state index contributed by atoms with van der Waals surface area (Å²) in [5, 5.41) is 10.1. The highest BCUT2D eigenvalue weighted by molar-refractivity contribution is 7.80. The number of anilines is 3. The van der Waals surface area contributed by atoms with Crippen molar-refractivity contribution in [3.8, 4) is 5.75 Å². The summed E-state index contributed by atoms with van der Waals surface area (Å²) in [6.45, 7) is 8.79. The van der Waals surface area contributed by atoms with Gasteiger partial charge in [-0.3, -0.25) is 0 Å². The van der Waals surface area contributed by atoms with Gasteiger partial charge in [-0.05, 0) is 63.7 Å². The lowest BCUT2D eigenvalue weighted by molar-refractivity contribution is 0.340. The Morgan fingerprint density at radius 2 is 1.92 bits per heavy atom. The number of rotatable bonds is 8. The molecular formula is C19H27N5OS. The number of aromatic nitrogens is 2. The molecule has 1 atom stereocenters. The molecule has 3 N–H and O–H groups in total. The minimum atomic E-state index is 0.311. The molecule has 0 amide bonds. The van der Waals surface area contributed by atoms with Crippen molar-refractivity contribution in [1.82, 2.24) is 15.3 Å². The summed E-state index contributed by atoms with van der Waals surface area (Å²) >= 11 is 5.35. The van der Waals surface area contributed by atoms with E-state index in [0.717, 1.165) is 30.0 Å². The van der Waals surface area contributed by atoms with Gasteiger partial charge in [0.05, 0.1) is 6.61 Å². The standard InChI is InChI=1S/C19H27N5OS/c1-5-7-13(3)21-19(26)24-18-20-14(4)12-17(23-18)22-15-8-10-16(11-9-15)25-6-2/h8-13H,5-7H2,1-4H3,(H3,20,21,22,23,24,26)/t13-/m1/s1. The first-order chi connectivity index (χ1) is 12.5. The lowest BCUT2D eigenvalue weighted by Crippen LogP contribution is -2.36. The highest BCUT2D eigenvalue weighted by Crippen LogP contribution is 2.20. The first-order valence-electron chi connectivity index (χ1n) is 8.93. The van der Waals surface area contributed by atoms with E-state index < -0.39 is 0 Å². The van der Waals surface area contributed by atoms with E-state index in [1.165, 1.54) is 0 Å². The molecule has 7 heteroatoms. The van der Waals surface area contributed by atoms with Crippen LogP contribution in [0.15, 0.2) is 30.3 Å². The van der Waals surface area contributed by atoms with Gasteiger partial charge in [-0.2, -0.15) is 4.98 Å². The van der Waals surface area contributed by atoms with Gasteiger partial charge in [0.25, 0.3) is 0 Å². The fraction of sp³-hybridized carbons (Fsp3) is 0.421. The van der Waals surface area contributed by atoms with Crippen LogP contribution in [0.3, 0.4) is 0 Å². The first kappa shape index (κ1) is 19.9. The Balaban J connectivity index is 2.03. The van der Waals surface area contributed by atoms with Crippen LogP contribution in [-0.4, -0.2) is 27.7 Å². The molecule has 1 aromatic heterocycles. The maximum absolute atomic E-state index is 5.46. The molecule has 1 aromatic carbocycles. The molecule has 0 aliphatic carbocycles. The van der Waals surface area contributed by atoms with Crippen LogP contribution in [0.1, 0.15) is 39.3 Å². The largest absolute Gasteiger partial charge is 0.494 e. The van der Waals surface area contributed by atoms with Crippen LogP contribution in [0.2, 0.25) is 0 Å². The zero-order chi connectivity index (χ0) is 18.9. The van der Waals surface area contributed by atoms with Crippen molar-refractivity contribution < 1.29 is 4.74 Å². The number of nitrogens with zero attached hydrogens (tertiary/aromatic N) is 2. The lowest BCUT2D eigenvalue weighted by atomic mass is 10.2. The fourth-order valence-corrected chi connectivity index (χ4v) is 2.80. The van der Waals surface area contributed by atoms with E-state index in [2.05, 4.69) is 39.8 Å². The van der Waals surface area contributed by atoms with Crippen LogP contribution < -0.4 is 20.7 Å². The van der Waals surface area contributed by atoms with Gasteiger partial charge in [0.15, 0.2) is 5.11 Å². The number of hydrogen-bond acceptors (Lipinski definition) is 5. The second-order valence-corrected chi connectivity index (χ2v) is 6.50. The lowest BCUT2D eigenvalue weighted by Gasteiger charge is -2.16. The number of hydrogen-bond donors (Lipinski definition) is 3. The van der Waals surface area contributed by atoms with Gasteiger partial charge in [0.2, 0.25) is 5.95 Å². The van der Waals surface area contributed by atoms with Crippen LogP contribution in [0.25, 0.3) is 0 Å². The first-order valence-corrected chi connectivity index (χ1v) is 9.34. The summed E-state index contributed by atoms with van der Waals surface area (Å²) in [6, 6.07) is 9.95. The van der Waals surface area contributed by atoms with E-state index >= 15 is 0 Å². The summed E-state index contributed by atoms with van der Waals surface area (Å²) < 4.78 is 5.46. The minimum Gasteiger partial charge on any atom is -0.494 e. The van der Waals surface area contributed by atoms with E-state index in [-0.39, 0.29) is 0 Å². The molecule has 0 unspecified atom stereocenters. The van der Waals surface area contributed by atoms with Gasteiger partial charge in [0, 0.05) is 23.5 Å². The van der Waals surface area contributed by atoms with Crippen LogP contribution in [0.4, 0.5) is 17.5 Å². The fourth-order valence-electron chi connectivity index (χ4n) is 2.50. The average Bonchev–Trinajstić information content (AvgIpc) is 2.56. The van der Waals surface area contributed by atoms with Crippen molar-refractivity contribution >= 4 is 34.8 Å². The van der Waals surface area contributed by atoms with Gasteiger partial charge < -0.3 is 20.7 Å². The molecule has 0 saturated heterocycles. The number of benzene rings is 1. The molecule has 0 radical (unpaired) electrons. The Labute approximate surface area is 160 Å². The Bertz CT molecular complexity index is 720. The molecule has 0 saturated carbocycles. The molecule has 140 valence electrons. The summed E-state index contributed by atoms with van der Waals surface area (Å²) in [7, 11) is 0. The topological polar surface area (TPSA) is 71.1 Å². The van der Waals surface area contributed by atoms with E-state index in [1.54, 1.807) is 0 Å². The normalized spacial score (nSPS) is 11.5. The number of nitrogens with one attached hydrogen (secondary N) is 3. The zero-order valence-corrected chi connectivity index (χ0v) is 16.6. The molecule has 0 spiro atoms. The van der Waals surface area contributed by atoms with E-state index in [0.29, 0.717) is 29.5 Å². The van der Waals surface area contributed by atoms with E-state index in [4.69, 9.17) is 17.0 Å². The second kappa shape index (κ2) is 9.91. The van der Waals surface area contributed by atoms with Crippen molar-refractivity contribution in [3.63, 3.8) is 0 Å². The molecule has 6 nitrogen and oxygen atoms in total. The number of aryl methyl sites for hydroxylation is 1. The van der Waals surface area contributed by atoms with Crippen LogP contribution >= 0.6 is 12.2 Å². The maximum atomic E-state index is 5.46. The summed E-state index contributed by atoms with van der Waals surface area (Å²) in [4.78, 5) is 8.89. The molecule has 0 aliphatic heterocycles. The highest BCUT2D eigenvalue weighted by atomic mass is 32.1. The molecule has 2 aromatic rings. The molecule has 0 aliphatic rings. The van der Waals surface area contributed by atoms with Gasteiger partial charge in [0.1, 0.15) is 11.6 Å². The van der Waals surface area contributed by atoms with Crippen molar-refractivity contribution in [2.45, 2.75) is 46.6 Å². The number of ether oxygens (including phenoxy) is 1. The average molecular weight is 374 g/mol. The molecule has 1 heterocycles. The minimum absolute atomic E-state index is 0.311. The zero-order valence-electron chi connectivity index (χ0n) is 15.8. The van der Waals surface area contributed by atoms with Crippen molar-refractivity contribution in [1.29, 1.82) is 0 Å². The van der Waals surface area contributed by atoms with E-state index in [1.807, 2.05) is 44.2 Å². The summed E-state index contributed by atoms with van der Waals surface area (Å²) in [5.74, 6) is 2.02. The smallest absolute Gasteiger partial charge is 0.231 e. The molecule has 26 heavy (non-hydrogen) atoms. The third-order valence-electron chi connectivity index (χ3n) is 3.62. The van der Waals surface area contributed by atoms with Crippen LogP contribution in [0, 0.1) is 6.92 Å². The third kappa shape index (κ3) is 6.48. The highest BCUT2D eigenvalue weighted by Gasteiger charge is 2.07. The predicted molar refractivity (Wildman–Crippen MR) is 111 cm³/mol. The maximum Gasteiger partial charge on any atom is 0.231 e. The van der Waals surface area contributed by atoms with E-state index in [9.17, 15) is 0 Å². The van der Waals surface area contributed by atoms with Gasteiger partial charge in [-0.25, -0.2) is 4.98 Å². The SMILES string of the molecule is CCC[C@@H](C)NC(=S)Nc1nc(C)cc(Nc2ccc(OCC)cc2)n1. The van der Waals surface area contributed by atoms with Crippen molar-refractivity contribution in [2.75, 3.05) is 17.2 Å². The Hall–Kier alpha value is -2.41. The van der Waals surface area contributed by atoms with Crippen molar-refractivity contribution in [2.24, 2.45) is 0 Å². The van der Waals surface area contributed by atoms with Gasteiger partial charge in [-0.1, -0.05) is 13.3 Å². The summed E-state index contributed by atoms with van der Waals surface area (Å²) in [6.07, 6.45) is 2.16. The monoisotopic (exact) mass is 373 g/mol. The molecule has 2 rings (SSSR count). The predicted octanol–water partition coefficient (Wildman–Crippen LogP) is 4.40. The van der Waals surface area contributed by atoms with Crippen molar-refractivity contribution in [3.05, 3.63) is 36.0 Å².